The molecule has 1 saturated carbocycles. The van der Waals surface area contributed by atoms with E-state index in [4.69, 9.17) is 0 Å². The van der Waals surface area contributed by atoms with Crippen molar-refractivity contribution >= 4 is 5.91 Å². The fourth-order valence-corrected chi connectivity index (χ4v) is 2.17. The molecular formula is C12H19NO. The quantitative estimate of drug-likeness (QED) is 0.681. The summed E-state index contributed by atoms with van der Waals surface area (Å²) in [7, 11) is 0. The van der Waals surface area contributed by atoms with Gasteiger partial charge in [0.05, 0.1) is 0 Å². The van der Waals surface area contributed by atoms with E-state index in [2.05, 4.69) is 18.5 Å². The molecule has 2 heteroatoms. The van der Waals surface area contributed by atoms with Gasteiger partial charge in [0, 0.05) is 12.5 Å². The Labute approximate surface area is 86.1 Å². The fourth-order valence-electron chi connectivity index (χ4n) is 2.17. The van der Waals surface area contributed by atoms with Crippen LogP contribution in [0.5, 0.6) is 0 Å². The van der Waals surface area contributed by atoms with Crippen LogP contribution >= 0.6 is 0 Å². The van der Waals surface area contributed by atoms with Crippen molar-refractivity contribution in [3.63, 3.8) is 0 Å². The van der Waals surface area contributed by atoms with E-state index >= 15 is 0 Å². The Balaban J connectivity index is 2.62. The molecule has 0 aliphatic heterocycles. The number of rotatable bonds is 4. The Hall–Kier alpha value is -1.05. The molecule has 3 unspecified atom stereocenters. The zero-order chi connectivity index (χ0) is 10.6. The summed E-state index contributed by atoms with van der Waals surface area (Å²) in [4.78, 5) is 11.7. The number of carbonyl (C=O) groups is 1. The van der Waals surface area contributed by atoms with Gasteiger partial charge in [-0.15, -0.1) is 13.2 Å². The zero-order valence-corrected chi connectivity index (χ0v) is 8.83. The molecule has 0 aromatic rings. The smallest absolute Gasteiger partial charge is 0.223 e. The van der Waals surface area contributed by atoms with Gasteiger partial charge in [-0.2, -0.15) is 0 Å². The molecule has 1 amide bonds. The molecule has 0 saturated heterocycles. The first-order chi connectivity index (χ1) is 6.72. The van der Waals surface area contributed by atoms with Gasteiger partial charge in [-0.05, 0) is 31.6 Å². The molecule has 3 atom stereocenters. The first kappa shape index (κ1) is 11.0. The van der Waals surface area contributed by atoms with Crippen molar-refractivity contribution in [2.24, 2.45) is 17.8 Å². The van der Waals surface area contributed by atoms with Crippen LogP contribution in [-0.4, -0.2) is 12.5 Å². The summed E-state index contributed by atoms with van der Waals surface area (Å²) in [6.45, 7) is 10.2. The van der Waals surface area contributed by atoms with Crippen molar-refractivity contribution in [3.8, 4) is 0 Å². The number of allylic oxidation sites excluding steroid dienone is 2. The molecule has 0 aromatic heterocycles. The second kappa shape index (κ2) is 4.99. The molecule has 0 aromatic carbocycles. The number of carbonyl (C=O) groups excluding carboxylic acids is 1. The highest BCUT2D eigenvalue weighted by atomic mass is 16.1. The minimum atomic E-state index is 0.107. The highest BCUT2D eigenvalue weighted by Crippen LogP contribution is 2.37. The van der Waals surface area contributed by atoms with Gasteiger partial charge in [0.15, 0.2) is 0 Å². The Kier molecular flexibility index (Phi) is 3.93. The summed E-state index contributed by atoms with van der Waals surface area (Å²) in [6, 6.07) is 0. The summed E-state index contributed by atoms with van der Waals surface area (Å²) in [6.07, 6.45) is 5.81. The molecule has 1 aliphatic carbocycles. The van der Waals surface area contributed by atoms with Gasteiger partial charge in [-0.25, -0.2) is 0 Å². The summed E-state index contributed by atoms with van der Waals surface area (Å²) in [5.41, 5.74) is 0. The first-order valence-corrected chi connectivity index (χ1v) is 5.25. The second-order valence-corrected chi connectivity index (χ2v) is 3.87. The van der Waals surface area contributed by atoms with Crippen molar-refractivity contribution < 1.29 is 4.79 Å². The SMILES string of the molecule is C=CC1CC(C=C)C(C(=O)NCC)C1. The van der Waals surface area contributed by atoms with E-state index < -0.39 is 0 Å². The average molecular weight is 193 g/mol. The van der Waals surface area contributed by atoms with Gasteiger partial charge in [-0.1, -0.05) is 12.2 Å². The Morgan fingerprint density at radius 2 is 2.14 bits per heavy atom. The van der Waals surface area contributed by atoms with Crippen molar-refractivity contribution in [3.05, 3.63) is 25.3 Å². The molecule has 0 heterocycles. The molecule has 1 rings (SSSR count). The third-order valence-corrected chi connectivity index (χ3v) is 2.97. The van der Waals surface area contributed by atoms with E-state index in [1.54, 1.807) is 0 Å². The summed E-state index contributed by atoms with van der Waals surface area (Å²) >= 11 is 0. The van der Waals surface area contributed by atoms with Gasteiger partial charge < -0.3 is 5.32 Å². The predicted octanol–water partition coefficient (Wildman–Crippen LogP) is 2.14. The third kappa shape index (κ3) is 2.25. The van der Waals surface area contributed by atoms with Gasteiger partial charge in [-0.3, -0.25) is 4.79 Å². The van der Waals surface area contributed by atoms with Crippen molar-refractivity contribution in [1.82, 2.24) is 5.32 Å². The summed E-state index contributed by atoms with van der Waals surface area (Å²) in [5, 5.41) is 2.88. The molecule has 0 spiro atoms. The maximum Gasteiger partial charge on any atom is 0.223 e. The van der Waals surface area contributed by atoms with Gasteiger partial charge >= 0.3 is 0 Å². The van der Waals surface area contributed by atoms with Crippen LogP contribution in [0, 0.1) is 17.8 Å². The lowest BCUT2D eigenvalue weighted by molar-refractivity contribution is -0.125. The Morgan fingerprint density at radius 1 is 1.43 bits per heavy atom. The Bertz CT molecular complexity index is 234. The maximum absolute atomic E-state index is 11.7. The largest absolute Gasteiger partial charge is 0.356 e. The lowest BCUT2D eigenvalue weighted by Gasteiger charge is -2.14. The van der Waals surface area contributed by atoms with Crippen molar-refractivity contribution in [1.29, 1.82) is 0 Å². The molecular weight excluding hydrogens is 174 g/mol. The van der Waals surface area contributed by atoms with Crippen LogP contribution in [0.25, 0.3) is 0 Å². The Morgan fingerprint density at radius 3 is 2.64 bits per heavy atom. The van der Waals surface area contributed by atoms with Crippen LogP contribution in [0.3, 0.4) is 0 Å². The fraction of sp³-hybridized carbons (Fsp3) is 0.583. The van der Waals surface area contributed by atoms with E-state index in [0.29, 0.717) is 18.4 Å². The number of amides is 1. The molecule has 78 valence electrons. The van der Waals surface area contributed by atoms with Crippen LogP contribution in [0.15, 0.2) is 25.3 Å². The molecule has 1 aliphatic rings. The van der Waals surface area contributed by atoms with E-state index in [0.717, 1.165) is 12.8 Å². The minimum absolute atomic E-state index is 0.107. The van der Waals surface area contributed by atoms with Crippen LogP contribution in [0.4, 0.5) is 0 Å². The molecule has 1 N–H and O–H groups in total. The molecule has 0 bridgehead atoms. The minimum Gasteiger partial charge on any atom is -0.356 e. The number of hydrogen-bond donors (Lipinski definition) is 1. The summed E-state index contributed by atoms with van der Waals surface area (Å²) in [5.74, 6) is 1.08. The normalized spacial score (nSPS) is 31.1. The molecule has 1 fully saturated rings. The standard InChI is InChI=1S/C12H19NO/c1-4-9-7-10(5-2)11(8-9)12(14)13-6-3/h4-5,9-11H,1-2,6-8H2,3H3,(H,13,14). The first-order valence-electron chi connectivity index (χ1n) is 5.25. The lowest BCUT2D eigenvalue weighted by Crippen LogP contribution is -2.31. The van der Waals surface area contributed by atoms with Crippen molar-refractivity contribution in [2.45, 2.75) is 19.8 Å². The second-order valence-electron chi connectivity index (χ2n) is 3.87. The topological polar surface area (TPSA) is 29.1 Å². The molecule has 2 nitrogen and oxygen atoms in total. The lowest BCUT2D eigenvalue weighted by atomic mass is 9.95. The molecule has 0 radical (unpaired) electrons. The van der Waals surface area contributed by atoms with Gasteiger partial charge in [0.2, 0.25) is 5.91 Å². The highest BCUT2D eigenvalue weighted by molar-refractivity contribution is 5.79. The van der Waals surface area contributed by atoms with E-state index in [-0.39, 0.29) is 11.8 Å². The van der Waals surface area contributed by atoms with Crippen LogP contribution in [0.2, 0.25) is 0 Å². The average Bonchev–Trinajstić information content (AvgIpc) is 2.61. The van der Waals surface area contributed by atoms with E-state index in [1.807, 2.05) is 19.1 Å². The van der Waals surface area contributed by atoms with Crippen LogP contribution in [0.1, 0.15) is 19.8 Å². The monoisotopic (exact) mass is 193 g/mol. The van der Waals surface area contributed by atoms with E-state index in [9.17, 15) is 4.79 Å². The predicted molar refractivity (Wildman–Crippen MR) is 58.8 cm³/mol. The number of hydrogen-bond acceptors (Lipinski definition) is 1. The van der Waals surface area contributed by atoms with Crippen LogP contribution in [-0.2, 0) is 4.79 Å². The number of nitrogens with one attached hydrogen (secondary N) is 1. The van der Waals surface area contributed by atoms with Gasteiger partial charge in [0.25, 0.3) is 0 Å². The highest BCUT2D eigenvalue weighted by Gasteiger charge is 2.35. The van der Waals surface area contributed by atoms with Gasteiger partial charge in [0.1, 0.15) is 0 Å². The third-order valence-electron chi connectivity index (χ3n) is 2.97. The van der Waals surface area contributed by atoms with Crippen molar-refractivity contribution in [2.75, 3.05) is 6.54 Å². The van der Waals surface area contributed by atoms with Crippen LogP contribution < -0.4 is 5.32 Å². The maximum atomic E-state index is 11.7. The van der Waals surface area contributed by atoms with E-state index in [1.165, 1.54) is 0 Å². The molecule has 14 heavy (non-hydrogen) atoms. The summed E-state index contributed by atoms with van der Waals surface area (Å²) < 4.78 is 0. The zero-order valence-electron chi connectivity index (χ0n) is 8.83.